The van der Waals surface area contributed by atoms with Gasteiger partial charge in [0.15, 0.2) is 0 Å². The minimum atomic E-state index is 1.10. The molecule has 0 atom stereocenters. The van der Waals surface area contributed by atoms with Crippen LogP contribution in [0.25, 0.3) is 0 Å². The zero-order valence-corrected chi connectivity index (χ0v) is 11.4. The molecule has 0 heterocycles. The molecule has 1 rings (SSSR count). The van der Waals surface area contributed by atoms with E-state index < -0.39 is 0 Å². The highest BCUT2D eigenvalue weighted by molar-refractivity contribution is 5.25. The molecule has 1 aromatic carbocycles. The van der Waals surface area contributed by atoms with Crippen LogP contribution in [0.4, 0.5) is 0 Å². The lowest BCUT2D eigenvalue weighted by Crippen LogP contribution is -1.89. The number of hydrogen-bond acceptors (Lipinski definition) is 0. The van der Waals surface area contributed by atoms with Crippen LogP contribution in [0.1, 0.15) is 62.5 Å². The van der Waals surface area contributed by atoms with E-state index in [2.05, 4.69) is 38.1 Å². The molecule has 17 heavy (non-hydrogen) atoms. The monoisotopic (exact) mass is 231 g/mol. The van der Waals surface area contributed by atoms with Gasteiger partial charge in [0, 0.05) is 0 Å². The Labute approximate surface area is 107 Å². The second-order valence-corrected chi connectivity index (χ2v) is 5.00. The van der Waals surface area contributed by atoms with Crippen molar-refractivity contribution in [2.75, 3.05) is 0 Å². The zero-order valence-electron chi connectivity index (χ0n) is 11.4. The smallest absolute Gasteiger partial charge is 0.0276 e. The van der Waals surface area contributed by atoms with Gasteiger partial charge in [-0.1, -0.05) is 76.1 Å². The van der Waals surface area contributed by atoms with Gasteiger partial charge in [0.05, 0.1) is 0 Å². The molecule has 0 N–H and O–H groups in total. The van der Waals surface area contributed by atoms with E-state index in [0.717, 1.165) is 6.42 Å². The normalized spacial score (nSPS) is 10.7. The first-order chi connectivity index (χ1) is 8.34. The minimum absolute atomic E-state index is 1.10. The highest BCUT2D eigenvalue weighted by atomic mass is 14.0. The summed E-state index contributed by atoms with van der Waals surface area (Å²) in [5.74, 6) is 0. The Morgan fingerprint density at radius 2 is 1.41 bits per heavy atom. The maximum absolute atomic E-state index is 3.87. The van der Waals surface area contributed by atoms with E-state index in [1.165, 1.54) is 62.5 Å². The Bertz CT molecular complexity index is 288. The van der Waals surface area contributed by atoms with Crippen LogP contribution in [0.5, 0.6) is 0 Å². The molecular weight excluding hydrogens is 204 g/mol. The fraction of sp³-hybridized carbons (Fsp3) is 0.588. The van der Waals surface area contributed by atoms with Crippen LogP contribution in [0, 0.1) is 13.8 Å². The molecule has 0 aliphatic carbocycles. The second kappa shape index (κ2) is 9.27. The van der Waals surface area contributed by atoms with Crippen LogP contribution in [-0.2, 0) is 6.42 Å². The summed E-state index contributed by atoms with van der Waals surface area (Å²) in [6.07, 6.45) is 12.0. The van der Waals surface area contributed by atoms with E-state index >= 15 is 0 Å². The van der Waals surface area contributed by atoms with Gasteiger partial charge in [-0.05, 0) is 30.9 Å². The van der Waals surface area contributed by atoms with Crippen LogP contribution < -0.4 is 0 Å². The van der Waals surface area contributed by atoms with Crippen LogP contribution in [0.3, 0.4) is 0 Å². The molecule has 0 bridgehead atoms. The van der Waals surface area contributed by atoms with Crippen molar-refractivity contribution in [2.45, 2.75) is 64.7 Å². The first kappa shape index (κ1) is 14.3. The fourth-order valence-corrected chi connectivity index (χ4v) is 2.27. The summed E-state index contributed by atoms with van der Waals surface area (Å²) in [7, 11) is 0. The Kier molecular flexibility index (Phi) is 7.79. The van der Waals surface area contributed by atoms with E-state index in [4.69, 9.17) is 0 Å². The van der Waals surface area contributed by atoms with Crippen LogP contribution in [0.15, 0.2) is 24.3 Å². The predicted molar refractivity (Wildman–Crippen MR) is 77.2 cm³/mol. The molecule has 0 saturated carbocycles. The van der Waals surface area contributed by atoms with Gasteiger partial charge in [-0.2, -0.15) is 0 Å². The van der Waals surface area contributed by atoms with E-state index in [1.807, 2.05) is 0 Å². The summed E-state index contributed by atoms with van der Waals surface area (Å²) in [6, 6.07) is 8.76. The van der Waals surface area contributed by atoms with E-state index in [-0.39, 0.29) is 0 Å². The van der Waals surface area contributed by atoms with Gasteiger partial charge in [0.1, 0.15) is 0 Å². The lowest BCUT2D eigenvalue weighted by atomic mass is 10.0. The van der Waals surface area contributed by atoms with Crippen molar-refractivity contribution < 1.29 is 0 Å². The number of rotatable bonds is 9. The minimum Gasteiger partial charge on any atom is -0.0620 e. The quantitative estimate of drug-likeness (QED) is 0.493. The van der Waals surface area contributed by atoms with Gasteiger partial charge in [0.25, 0.3) is 0 Å². The first-order valence-corrected chi connectivity index (χ1v) is 7.18. The van der Waals surface area contributed by atoms with Crippen molar-refractivity contribution in [1.29, 1.82) is 0 Å². The van der Waals surface area contributed by atoms with Gasteiger partial charge in [0.2, 0.25) is 0 Å². The van der Waals surface area contributed by atoms with Crippen molar-refractivity contribution in [1.82, 2.24) is 0 Å². The third-order valence-electron chi connectivity index (χ3n) is 3.46. The third-order valence-corrected chi connectivity index (χ3v) is 3.46. The maximum atomic E-state index is 3.87. The Morgan fingerprint density at radius 1 is 0.824 bits per heavy atom. The molecule has 0 aliphatic rings. The highest BCUT2D eigenvalue weighted by Crippen LogP contribution is 2.13. The van der Waals surface area contributed by atoms with E-state index in [1.54, 1.807) is 0 Å². The SMILES string of the molecule is [CH2]CCCCCCCCCc1ccccc1C. The second-order valence-electron chi connectivity index (χ2n) is 5.00. The molecule has 0 saturated heterocycles. The van der Waals surface area contributed by atoms with Crippen molar-refractivity contribution in [3.05, 3.63) is 42.3 Å². The Hall–Kier alpha value is -0.780. The number of benzene rings is 1. The molecule has 1 radical (unpaired) electrons. The number of unbranched alkanes of at least 4 members (excludes halogenated alkanes) is 7. The van der Waals surface area contributed by atoms with Crippen molar-refractivity contribution in [3.8, 4) is 0 Å². The van der Waals surface area contributed by atoms with Crippen molar-refractivity contribution in [2.24, 2.45) is 0 Å². The molecule has 95 valence electrons. The molecule has 0 aliphatic heterocycles. The van der Waals surface area contributed by atoms with Crippen LogP contribution >= 0.6 is 0 Å². The molecular formula is C17H27. The molecule has 0 heteroatoms. The molecule has 0 spiro atoms. The number of aryl methyl sites for hydroxylation is 2. The zero-order chi connectivity index (χ0) is 12.3. The summed E-state index contributed by atoms with van der Waals surface area (Å²) < 4.78 is 0. The largest absolute Gasteiger partial charge is 0.0620 e. The van der Waals surface area contributed by atoms with Crippen LogP contribution in [-0.4, -0.2) is 0 Å². The molecule has 0 unspecified atom stereocenters. The summed E-state index contributed by atoms with van der Waals surface area (Å²) in [5.41, 5.74) is 2.98. The molecule has 0 aromatic heterocycles. The summed E-state index contributed by atoms with van der Waals surface area (Å²) >= 11 is 0. The lowest BCUT2D eigenvalue weighted by Gasteiger charge is -2.05. The van der Waals surface area contributed by atoms with Gasteiger partial charge in [-0.25, -0.2) is 0 Å². The predicted octanol–water partition coefficient (Wildman–Crippen LogP) is 5.49. The Balaban J connectivity index is 1.99. The van der Waals surface area contributed by atoms with Gasteiger partial charge in [-0.3, -0.25) is 0 Å². The average molecular weight is 231 g/mol. The van der Waals surface area contributed by atoms with Gasteiger partial charge < -0.3 is 0 Å². The van der Waals surface area contributed by atoms with Crippen molar-refractivity contribution >= 4 is 0 Å². The summed E-state index contributed by atoms with van der Waals surface area (Å²) in [5, 5.41) is 0. The lowest BCUT2D eigenvalue weighted by molar-refractivity contribution is 0.580. The standard InChI is InChI=1S/C17H27/c1-3-4-5-6-7-8-9-10-14-17-15-12-11-13-16(17)2/h11-13,15H,1,3-10,14H2,2H3. The van der Waals surface area contributed by atoms with Crippen LogP contribution in [0.2, 0.25) is 0 Å². The average Bonchev–Trinajstić information content (AvgIpc) is 2.35. The van der Waals surface area contributed by atoms with E-state index in [0.29, 0.717) is 0 Å². The van der Waals surface area contributed by atoms with Crippen molar-refractivity contribution in [3.63, 3.8) is 0 Å². The summed E-state index contributed by atoms with van der Waals surface area (Å²) in [4.78, 5) is 0. The highest BCUT2D eigenvalue weighted by Gasteiger charge is 1.97. The maximum Gasteiger partial charge on any atom is -0.0276 e. The van der Waals surface area contributed by atoms with Gasteiger partial charge >= 0.3 is 0 Å². The van der Waals surface area contributed by atoms with Gasteiger partial charge in [-0.15, -0.1) is 0 Å². The van der Waals surface area contributed by atoms with E-state index in [9.17, 15) is 0 Å². The molecule has 0 fully saturated rings. The molecule has 0 nitrogen and oxygen atoms in total. The summed E-state index contributed by atoms with van der Waals surface area (Å²) in [6.45, 7) is 6.09. The fourth-order valence-electron chi connectivity index (χ4n) is 2.27. The third kappa shape index (κ3) is 6.51. The number of hydrogen-bond donors (Lipinski definition) is 0. The molecule has 1 aromatic rings. The molecule has 0 amide bonds. The topological polar surface area (TPSA) is 0 Å². The first-order valence-electron chi connectivity index (χ1n) is 7.18. The Morgan fingerprint density at radius 3 is 2.06 bits per heavy atom.